The molecule has 2 amide bonds. The number of benzene rings is 3. The maximum absolute atomic E-state index is 15.8. The van der Waals surface area contributed by atoms with Crippen molar-refractivity contribution in [1.82, 2.24) is 39.7 Å². The summed E-state index contributed by atoms with van der Waals surface area (Å²) >= 11 is 1.60. The Balaban J connectivity index is 0.790. The van der Waals surface area contributed by atoms with Crippen LogP contribution >= 0.6 is 11.3 Å². The van der Waals surface area contributed by atoms with Gasteiger partial charge in [-0.2, -0.15) is 12.7 Å². The van der Waals surface area contributed by atoms with Crippen LogP contribution in [0.4, 0.5) is 24.5 Å². The van der Waals surface area contributed by atoms with Gasteiger partial charge in [0.1, 0.15) is 23.7 Å². The van der Waals surface area contributed by atoms with Crippen molar-refractivity contribution in [2.75, 3.05) is 62.0 Å². The zero-order chi connectivity index (χ0) is 52.6. The first-order chi connectivity index (χ1) is 35.2. The molecule has 4 atom stereocenters. The summed E-state index contributed by atoms with van der Waals surface area (Å²) in [6.07, 6.45) is 1.11. The van der Waals surface area contributed by atoms with Crippen molar-refractivity contribution in [1.29, 1.82) is 0 Å². The molecule has 3 aromatic carbocycles. The first-order valence-corrected chi connectivity index (χ1v) is 26.8. The molecule has 0 spiro atoms. The Bertz CT molecular complexity index is 3190. The SMILES string of the molecule is C=C(NCc1ccc(-c2scnc2C)cc1)[C@@H]1C[C@@H](O)CN1C(=O)[C@@H](NC(=O)CN1CCN(c2ccc(-c3cnc4[nH]cc(C(=O)c5c(F)ccc(NS(=O)(=O)N6CC[C@@H](F)C6)c5F)c4c3)cc2)CC1)C(C)(C)C. The summed E-state index contributed by atoms with van der Waals surface area (Å²) in [5.41, 5.74) is 5.85. The molecule has 74 heavy (non-hydrogen) atoms. The van der Waals surface area contributed by atoms with E-state index in [-0.39, 0.29) is 43.4 Å². The first-order valence-electron chi connectivity index (χ1n) is 24.4. The van der Waals surface area contributed by atoms with E-state index in [1.807, 2.05) is 79.2 Å². The number of alkyl halides is 1. The average molecular weight is 1050 g/mol. The number of amides is 2. The summed E-state index contributed by atoms with van der Waals surface area (Å²) in [4.78, 5) is 60.5. The molecule has 3 aliphatic rings. The van der Waals surface area contributed by atoms with Gasteiger partial charge in [0.25, 0.3) is 0 Å². The quantitative estimate of drug-likeness (QED) is 0.0641. The second-order valence-electron chi connectivity index (χ2n) is 20.2. The molecule has 3 aromatic heterocycles. The summed E-state index contributed by atoms with van der Waals surface area (Å²) in [6.45, 7) is 14.6. The Hall–Kier alpha value is -6.65. The molecule has 5 N–H and O–H groups in total. The first kappa shape index (κ1) is 52.2. The maximum Gasteiger partial charge on any atom is 0.301 e. The minimum Gasteiger partial charge on any atom is -0.391 e. The average Bonchev–Trinajstić information content (AvgIpc) is 4.20. The molecule has 16 nitrogen and oxygen atoms in total. The Morgan fingerprint density at radius 1 is 0.946 bits per heavy atom. The number of likely N-dealkylation sites (tertiary alicyclic amines) is 1. The number of rotatable bonds is 16. The summed E-state index contributed by atoms with van der Waals surface area (Å²) in [5, 5.41) is 17.5. The Labute approximate surface area is 431 Å². The maximum atomic E-state index is 15.8. The van der Waals surface area contributed by atoms with Gasteiger partial charge in [0.05, 0.1) is 46.0 Å². The number of aliphatic hydroxyl groups excluding tert-OH is 1. The van der Waals surface area contributed by atoms with E-state index in [0.29, 0.717) is 61.4 Å². The molecule has 0 radical (unpaired) electrons. The van der Waals surface area contributed by atoms with E-state index in [1.54, 1.807) is 28.5 Å². The van der Waals surface area contributed by atoms with Gasteiger partial charge >= 0.3 is 10.2 Å². The molecule has 3 saturated heterocycles. The molecule has 0 unspecified atom stereocenters. The number of halogens is 3. The van der Waals surface area contributed by atoms with Crippen molar-refractivity contribution in [3.05, 3.63) is 131 Å². The highest BCUT2D eigenvalue weighted by Gasteiger charge is 2.43. The second-order valence-corrected chi connectivity index (χ2v) is 22.7. The monoisotopic (exact) mass is 1050 g/mol. The second kappa shape index (κ2) is 21.3. The van der Waals surface area contributed by atoms with E-state index in [4.69, 9.17) is 0 Å². The van der Waals surface area contributed by atoms with Crippen LogP contribution in [0.25, 0.3) is 32.6 Å². The Kier molecular flexibility index (Phi) is 15.0. The number of H-pyrrole nitrogens is 1. The van der Waals surface area contributed by atoms with Crippen LogP contribution in [0.1, 0.15) is 60.8 Å². The van der Waals surface area contributed by atoms with Gasteiger partial charge in [-0.15, -0.1) is 11.3 Å². The fourth-order valence-electron chi connectivity index (χ4n) is 9.76. The Morgan fingerprint density at radius 2 is 1.66 bits per heavy atom. The van der Waals surface area contributed by atoms with Gasteiger partial charge in [-0.1, -0.05) is 63.7 Å². The third-order valence-electron chi connectivity index (χ3n) is 13.9. The van der Waals surface area contributed by atoms with Gasteiger partial charge < -0.3 is 30.5 Å². The van der Waals surface area contributed by atoms with E-state index < -0.39 is 75.2 Å². The number of nitrogens with zero attached hydrogens (tertiary/aromatic N) is 6. The number of ketones is 1. The number of thiazole rings is 1. The number of pyridine rings is 1. The van der Waals surface area contributed by atoms with Crippen molar-refractivity contribution < 1.29 is 41.1 Å². The Morgan fingerprint density at radius 3 is 2.32 bits per heavy atom. The molecule has 9 rings (SSSR count). The third-order valence-corrected chi connectivity index (χ3v) is 16.4. The van der Waals surface area contributed by atoms with Gasteiger partial charge in [0.2, 0.25) is 17.6 Å². The van der Waals surface area contributed by atoms with Crippen molar-refractivity contribution in [2.45, 2.75) is 71.4 Å². The number of aliphatic hydroxyl groups is 1. The number of nitrogens with one attached hydrogen (secondary N) is 4. The van der Waals surface area contributed by atoms with Gasteiger partial charge in [0.15, 0.2) is 5.82 Å². The standard InChI is InChI=1S/C53H59F3N10O6S2/c1-31(57-24-33-6-8-35(9-7-33)49-32(2)60-30-73-49)44-23-39(67)28-66(44)52(70)50(53(3,4)5)61-45(68)29-63-18-20-64(21-19-63)38-12-10-34(11-13-38)36-22-40-41(26-59-51(40)58-25-36)48(69)46-42(55)14-15-43(47(46)56)62-74(71,72)65-17-16-37(54)27-65/h6-15,22,25-26,30,37,39,44,50,57,62,67H,1,16-21,23-24,27-29H2,2-5H3,(H,58,59)(H,61,68)/t37-,39-,44+,50-/m1/s1. The highest BCUT2D eigenvalue weighted by Crippen LogP contribution is 2.33. The fourth-order valence-corrected chi connectivity index (χ4v) is 11.8. The smallest absolute Gasteiger partial charge is 0.301 e. The molecule has 21 heteroatoms. The highest BCUT2D eigenvalue weighted by molar-refractivity contribution is 7.90. The molecule has 0 aliphatic carbocycles. The van der Waals surface area contributed by atoms with E-state index in [9.17, 15) is 32.3 Å². The van der Waals surface area contributed by atoms with Gasteiger partial charge in [-0.05, 0) is 65.8 Å². The predicted molar refractivity (Wildman–Crippen MR) is 279 cm³/mol. The number of carbonyl (C=O) groups is 3. The lowest BCUT2D eigenvalue weighted by molar-refractivity contribution is -0.140. The number of β-amino-alcohol motifs (C(OH)–C–C–N with tert-alkyl or cyclic N) is 1. The van der Waals surface area contributed by atoms with Gasteiger partial charge in [0, 0.05) is 99.1 Å². The fraction of sp³-hybridized carbons (Fsp3) is 0.377. The van der Waals surface area contributed by atoms with E-state index >= 15 is 8.78 Å². The lowest BCUT2D eigenvalue weighted by Crippen LogP contribution is -2.58. The van der Waals surface area contributed by atoms with Crippen LogP contribution in [0.15, 0.2) is 96.9 Å². The predicted octanol–water partition coefficient (Wildman–Crippen LogP) is 6.79. The minimum atomic E-state index is -4.38. The van der Waals surface area contributed by atoms with Crippen LogP contribution in [0.3, 0.4) is 0 Å². The van der Waals surface area contributed by atoms with Crippen LogP contribution in [0.2, 0.25) is 0 Å². The molecule has 6 aromatic rings. The van der Waals surface area contributed by atoms with E-state index in [1.165, 1.54) is 6.20 Å². The molecule has 3 fully saturated rings. The normalized spacial score (nSPS) is 19.2. The topological polar surface area (TPSA) is 196 Å². The number of hydrogen-bond acceptors (Lipinski definition) is 12. The van der Waals surface area contributed by atoms with Crippen molar-refractivity contribution in [3.8, 4) is 21.6 Å². The third kappa shape index (κ3) is 11.2. The van der Waals surface area contributed by atoms with Crippen LogP contribution in [0, 0.1) is 24.0 Å². The largest absolute Gasteiger partial charge is 0.391 e. The van der Waals surface area contributed by atoms with Gasteiger partial charge in [-0.25, -0.2) is 23.1 Å². The van der Waals surface area contributed by atoms with Gasteiger partial charge in [-0.3, -0.25) is 24.0 Å². The molecule has 3 aliphatic heterocycles. The zero-order valence-electron chi connectivity index (χ0n) is 41.5. The van der Waals surface area contributed by atoms with Crippen LogP contribution in [0.5, 0.6) is 0 Å². The van der Waals surface area contributed by atoms with Crippen molar-refractivity contribution in [3.63, 3.8) is 0 Å². The lowest BCUT2D eigenvalue weighted by atomic mass is 9.85. The van der Waals surface area contributed by atoms with Crippen LogP contribution < -0.4 is 20.3 Å². The molecule has 0 bridgehead atoms. The lowest BCUT2D eigenvalue weighted by Gasteiger charge is -2.38. The number of aryl methyl sites for hydroxylation is 1. The zero-order valence-corrected chi connectivity index (χ0v) is 43.1. The van der Waals surface area contributed by atoms with Crippen LogP contribution in [-0.2, 0) is 26.3 Å². The number of anilines is 2. The number of piperazine rings is 1. The van der Waals surface area contributed by atoms with E-state index in [2.05, 4.69) is 49.2 Å². The molecule has 390 valence electrons. The van der Waals surface area contributed by atoms with Crippen molar-refractivity contribution >= 4 is 61.6 Å². The number of fused-ring (bicyclic) bond motifs is 1. The number of aromatic nitrogens is 3. The molecular weight excluding hydrogens is 994 g/mol. The van der Waals surface area contributed by atoms with Crippen LogP contribution in [-0.4, -0.2) is 137 Å². The number of carbonyl (C=O) groups excluding carboxylic acids is 3. The number of aromatic amines is 1. The minimum absolute atomic E-state index is 0.0110. The molecular formula is C53H59F3N10O6S2. The summed E-state index contributed by atoms with van der Waals surface area (Å²) in [7, 11) is -4.38. The molecule has 0 saturated carbocycles. The highest BCUT2D eigenvalue weighted by atomic mass is 32.2. The summed E-state index contributed by atoms with van der Waals surface area (Å²) in [5.74, 6) is -4.19. The van der Waals surface area contributed by atoms with E-state index in [0.717, 1.165) is 49.4 Å². The number of hydrogen-bond donors (Lipinski definition) is 5. The van der Waals surface area contributed by atoms with Crippen molar-refractivity contribution in [2.24, 2.45) is 5.41 Å². The summed E-state index contributed by atoms with van der Waals surface area (Å²) in [6, 6.07) is 17.9. The molecule has 6 heterocycles. The summed E-state index contributed by atoms with van der Waals surface area (Å²) < 4.78 is 73.3.